The fraction of sp³-hybridized carbons (Fsp3) is 0.464. The van der Waals surface area contributed by atoms with Crippen molar-refractivity contribution in [2.75, 3.05) is 18.4 Å². The summed E-state index contributed by atoms with van der Waals surface area (Å²) in [4.78, 5) is 41.0. The van der Waals surface area contributed by atoms with Crippen molar-refractivity contribution in [1.29, 1.82) is 0 Å². The molecule has 0 aromatic heterocycles. The van der Waals surface area contributed by atoms with Crippen molar-refractivity contribution in [3.63, 3.8) is 0 Å². The minimum Gasteiger partial charge on any atom is -0.444 e. The summed E-state index contributed by atoms with van der Waals surface area (Å²) in [6, 6.07) is 10.3. The molecular formula is C28H38ClN3O4. The molecule has 0 fully saturated rings. The summed E-state index contributed by atoms with van der Waals surface area (Å²) in [6.45, 7) is 13.0. The first-order chi connectivity index (χ1) is 16.8. The summed E-state index contributed by atoms with van der Waals surface area (Å²) in [5, 5.41) is 5.90. The van der Waals surface area contributed by atoms with E-state index in [4.69, 9.17) is 16.3 Å². The topological polar surface area (TPSA) is 87.7 Å². The summed E-state index contributed by atoms with van der Waals surface area (Å²) < 4.78 is 5.27. The fourth-order valence-corrected chi connectivity index (χ4v) is 4.05. The molecule has 0 aliphatic carbocycles. The Morgan fingerprint density at radius 2 is 1.75 bits per heavy atom. The van der Waals surface area contributed by atoms with Gasteiger partial charge in [0.25, 0.3) is 5.91 Å². The molecule has 36 heavy (non-hydrogen) atoms. The first-order valence-corrected chi connectivity index (χ1v) is 12.6. The predicted molar refractivity (Wildman–Crippen MR) is 144 cm³/mol. The minimum atomic E-state index is -0.917. The highest BCUT2D eigenvalue weighted by atomic mass is 35.5. The molecule has 1 unspecified atom stereocenters. The van der Waals surface area contributed by atoms with Crippen molar-refractivity contribution in [2.45, 2.75) is 73.0 Å². The average molecular weight is 516 g/mol. The smallest absolute Gasteiger partial charge is 0.408 e. The van der Waals surface area contributed by atoms with Gasteiger partial charge >= 0.3 is 6.09 Å². The Hall–Kier alpha value is -3.06. The highest BCUT2D eigenvalue weighted by Gasteiger charge is 2.33. The van der Waals surface area contributed by atoms with Crippen LogP contribution < -0.4 is 10.6 Å². The third-order valence-corrected chi connectivity index (χ3v) is 5.93. The predicted octanol–water partition coefficient (Wildman–Crippen LogP) is 6.10. The molecule has 0 aliphatic heterocycles. The van der Waals surface area contributed by atoms with E-state index in [0.29, 0.717) is 23.7 Å². The number of rotatable bonds is 9. The quantitative estimate of drug-likeness (QED) is 0.422. The molecule has 3 amide bonds. The van der Waals surface area contributed by atoms with Gasteiger partial charge in [0, 0.05) is 6.54 Å². The summed E-state index contributed by atoms with van der Waals surface area (Å²) in [5.74, 6) is -0.757. The molecule has 2 rings (SSSR count). The van der Waals surface area contributed by atoms with Crippen LogP contribution in [0.5, 0.6) is 0 Å². The molecular weight excluding hydrogens is 478 g/mol. The number of anilines is 1. The molecule has 2 N–H and O–H groups in total. The molecule has 2 aromatic rings. The van der Waals surface area contributed by atoms with E-state index in [0.717, 1.165) is 28.7 Å². The van der Waals surface area contributed by atoms with E-state index in [9.17, 15) is 14.4 Å². The van der Waals surface area contributed by atoms with E-state index in [2.05, 4.69) is 10.6 Å². The molecule has 0 saturated carbocycles. The molecule has 196 valence electrons. The van der Waals surface area contributed by atoms with E-state index in [-0.39, 0.29) is 18.4 Å². The van der Waals surface area contributed by atoms with E-state index in [1.165, 1.54) is 4.90 Å². The average Bonchev–Trinajstić information content (AvgIpc) is 2.78. The van der Waals surface area contributed by atoms with Gasteiger partial charge in [0.1, 0.15) is 18.2 Å². The van der Waals surface area contributed by atoms with Gasteiger partial charge in [-0.2, -0.15) is 0 Å². The van der Waals surface area contributed by atoms with Gasteiger partial charge in [0.05, 0.1) is 10.7 Å². The summed E-state index contributed by atoms with van der Waals surface area (Å²) >= 11 is 6.39. The van der Waals surface area contributed by atoms with Gasteiger partial charge in [-0.05, 0) is 70.7 Å². The van der Waals surface area contributed by atoms with Gasteiger partial charge in [0.2, 0.25) is 5.91 Å². The second-order valence-electron chi connectivity index (χ2n) is 9.98. The zero-order chi connectivity index (χ0) is 27.0. The van der Waals surface area contributed by atoms with Crippen molar-refractivity contribution < 1.29 is 19.1 Å². The lowest BCUT2D eigenvalue weighted by molar-refractivity contribution is -0.138. The lowest BCUT2D eigenvalue weighted by atomic mass is 9.96. The third kappa shape index (κ3) is 8.26. The normalized spacial score (nSPS) is 12.0. The Bertz CT molecular complexity index is 1070. The van der Waals surface area contributed by atoms with Crippen molar-refractivity contribution >= 4 is 35.2 Å². The van der Waals surface area contributed by atoms with Crippen LogP contribution in [0, 0.1) is 20.8 Å². The maximum Gasteiger partial charge on any atom is 0.408 e. The summed E-state index contributed by atoms with van der Waals surface area (Å²) in [6.07, 6.45) is 0.831. The molecule has 7 nitrogen and oxygen atoms in total. The van der Waals surface area contributed by atoms with Crippen LogP contribution in [-0.2, 0) is 14.3 Å². The van der Waals surface area contributed by atoms with Crippen LogP contribution in [0.15, 0.2) is 36.4 Å². The summed E-state index contributed by atoms with van der Waals surface area (Å²) in [5.41, 5.74) is 3.20. The van der Waals surface area contributed by atoms with Crippen LogP contribution in [0.3, 0.4) is 0 Å². The van der Waals surface area contributed by atoms with Gasteiger partial charge < -0.3 is 20.3 Å². The number of para-hydroxylation sites is 1. The lowest BCUT2D eigenvalue weighted by Gasteiger charge is -2.33. The number of amides is 3. The first-order valence-electron chi connectivity index (χ1n) is 12.2. The second-order valence-corrected chi connectivity index (χ2v) is 10.4. The maximum atomic E-state index is 13.8. The standard InChI is InChI=1S/C28H38ClN3O4/c1-8-9-15-32(23(33)17-30-27(35)36-28(5,6)7)25(21-16-18(2)13-14-19(21)3)26(34)31-24-20(4)11-10-12-22(24)29/h10-14,16,25H,8-9,15,17H2,1-7H3,(H,30,35)(H,31,34). The van der Waals surface area contributed by atoms with Gasteiger partial charge in [-0.25, -0.2) is 4.79 Å². The largest absolute Gasteiger partial charge is 0.444 e. The first kappa shape index (κ1) is 29.2. The van der Waals surface area contributed by atoms with Gasteiger partial charge in [-0.15, -0.1) is 0 Å². The monoisotopic (exact) mass is 515 g/mol. The number of halogens is 1. The van der Waals surface area contributed by atoms with Crippen molar-refractivity contribution in [3.8, 4) is 0 Å². The van der Waals surface area contributed by atoms with E-state index in [1.807, 2.05) is 58.0 Å². The molecule has 0 aliphatic rings. The highest BCUT2D eigenvalue weighted by Crippen LogP contribution is 2.31. The number of ether oxygens (including phenoxy) is 1. The number of nitrogens with zero attached hydrogens (tertiary/aromatic N) is 1. The van der Waals surface area contributed by atoms with Crippen molar-refractivity contribution in [2.24, 2.45) is 0 Å². The molecule has 0 spiro atoms. The number of benzene rings is 2. The zero-order valence-corrected chi connectivity index (χ0v) is 23.1. The van der Waals surface area contributed by atoms with E-state index < -0.39 is 17.7 Å². The molecule has 0 heterocycles. The number of hydrogen-bond donors (Lipinski definition) is 2. The zero-order valence-electron chi connectivity index (χ0n) is 22.3. The molecule has 0 saturated heterocycles. The Morgan fingerprint density at radius 3 is 2.36 bits per heavy atom. The number of nitrogens with one attached hydrogen (secondary N) is 2. The number of unbranched alkanes of at least 4 members (excludes halogenated alkanes) is 1. The number of carbonyl (C=O) groups excluding carboxylic acids is 3. The van der Waals surface area contributed by atoms with Crippen LogP contribution in [0.1, 0.15) is 68.8 Å². The Kier molecular flexibility index (Phi) is 10.3. The maximum absolute atomic E-state index is 13.8. The Balaban J connectivity index is 2.46. The molecule has 0 bridgehead atoms. The number of alkyl carbamates (subject to hydrolysis) is 1. The SMILES string of the molecule is CCCCN(C(=O)CNC(=O)OC(C)(C)C)C(C(=O)Nc1c(C)cccc1Cl)c1cc(C)ccc1C. The van der Waals surface area contributed by atoms with Crippen LogP contribution in [-0.4, -0.2) is 41.5 Å². The summed E-state index contributed by atoms with van der Waals surface area (Å²) in [7, 11) is 0. The number of aryl methyl sites for hydroxylation is 3. The van der Waals surface area contributed by atoms with Crippen LogP contribution in [0.25, 0.3) is 0 Å². The number of hydrogen-bond acceptors (Lipinski definition) is 4. The van der Waals surface area contributed by atoms with Gasteiger partial charge in [-0.1, -0.05) is 60.8 Å². The Morgan fingerprint density at radius 1 is 1.06 bits per heavy atom. The highest BCUT2D eigenvalue weighted by molar-refractivity contribution is 6.34. The van der Waals surface area contributed by atoms with Crippen molar-refractivity contribution in [1.82, 2.24) is 10.2 Å². The molecule has 0 radical (unpaired) electrons. The van der Waals surface area contributed by atoms with Crippen molar-refractivity contribution in [3.05, 3.63) is 63.7 Å². The third-order valence-electron chi connectivity index (χ3n) is 5.62. The molecule has 2 aromatic carbocycles. The van der Waals surface area contributed by atoms with E-state index in [1.54, 1.807) is 26.8 Å². The molecule has 8 heteroatoms. The number of carbonyl (C=O) groups is 3. The second kappa shape index (κ2) is 12.8. The lowest BCUT2D eigenvalue weighted by Crippen LogP contribution is -2.47. The fourth-order valence-electron chi connectivity index (χ4n) is 3.78. The van der Waals surface area contributed by atoms with Gasteiger partial charge in [-0.3, -0.25) is 9.59 Å². The van der Waals surface area contributed by atoms with Crippen LogP contribution >= 0.6 is 11.6 Å². The van der Waals surface area contributed by atoms with Crippen LogP contribution in [0.4, 0.5) is 10.5 Å². The van der Waals surface area contributed by atoms with Crippen LogP contribution in [0.2, 0.25) is 5.02 Å². The Labute approximate surface area is 219 Å². The van der Waals surface area contributed by atoms with E-state index >= 15 is 0 Å². The van der Waals surface area contributed by atoms with Gasteiger partial charge in [0.15, 0.2) is 0 Å². The minimum absolute atomic E-state index is 0.293. The molecule has 1 atom stereocenters.